The lowest BCUT2D eigenvalue weighted by atomic mass is 9.94. The maximum Gasteiger partial charge on any atom is 0.119 e. The van der Waals surface area contributed by atoms with Crippen molar-refractivity contribution in [2.75, 3.05) is 19.6 Å². The van der Waals surface area contributed by atoms with Crippen LogP contribution in [0.2, 0.25) is 0 Å². The van der Waals surface area contributed by atoms with Crippen molar-refractivity contribution < 1.29 is 9.47 Å². The van der Waals surface area contributed by atoms with Gasteiger partial charge < -0.3 is 9.47 Å². The van der Waals surface area contributed by atoms with Crippen LogP contribution >= 0.6 is 11.6 Å². The molecular weight excluding hydrogens is 272 g/mol. The van der Waals surface area contributed by atoms with Crippen LogP contribution < -0.4 is 4.74 Å². The average Bonchev–Trinajstić information content (AvgIpc) is 2.99. The highest BCUT2D eigenvalue weighted by Crippen LogP contribution is 2.23. The molecule has 1 aliphatic heterocycles. The number of alkyl halides is 1. The van der Waals surface area contributed by atoms with Gasteiger partial charge in [-0.1, -0.05) is 18.6 Å². The van der Waals surface area contributed by atoms with Crippen LogP contribution in [0.1, 0.15) is 37.7 Å². The molecule has 0 spiro atoms. The van der Waals surface area contributed by atoms with Crippen LogP contribution in [0.25, 0.3) is 0 Å². The van der Waals surface area contributed by atoms with E-state index >= 15 is 0 Å². The molecule has 3 heteroatoms. The molecular formula is C17H25ClO2. The van der Waals surface area contributed by atoms with Gasteiger partial charge in [0, 0.05) is 12.5 Å². The normalized spacial score (nSPS) is 20.0. The zero-order valence-electron chi connectivity index (χ0n) is 12.3. The Morgan fingerprint density at radius 3 is 3.05 bits per heavy atom. The molecule has 0 aliphatic carbocycles. The Labute approximate surface area is 127 Å². The highest BCUT2D eigenvalue weighted by atomic mass is 35.5. The summed E-state index contributed by atoms with van der Waals surface area (Å²) in [5.74, 6) is 2.20. The number of methoxy groups -OCH3 is 1. The minimum absolute atomic E-state index is 0.503. The first-order valence-electron chi connectivity index (χ1n) is 7.62. The predicted octanol–water partition coefficient (Wildman–Crippen LogP) is 4.44. The Bertz CT molecular complexity index is 388. The zero-order valence-corrected chi connectivity index (χ0v) is 13.1. The maximum atomic E-state index is 6.12. The van der Waals surface area contributed by atoms with Crippen LogP contribution in [0, 0.1) is 5.92 Å². The van der Waals surface area contributed by atoms with Crippen LogP contribution in [0.5, 0.6) is 5.75 Å². The van der Waals surface area contributed by atoms with Gasteiger partial charge in [0.15, 0.2) is 0 Å². The van der Waals surface area contributed by atoms with Gasteiger partial charge in [0.05, 0.1) is 13.2 Å². The topological polar surface area (TPSA) is 18.5 Å². The molecule has 0 radical (unpaired) electrons. The van der Waals surface area contributed by atoms with Gasteiger partial charge in [0.2, 0.25) is 0 Å². The molecule has 2 rings (SSSR count). The van der Waals surface area contributed by atoms with Crippen molar-refractivity contribution in [3.05, 3.63) is 29.8 Å². The molecule has 2 nitrogen and oxygen atoms in total. The van der Waals surface area contributed by atoms with Crippen molar-refractivity contribution in [3.63, 3.8) is 0 Å². The fourth-order valence-electron chi connectivity index (χ4n) is 2.87. The smallest absolute Gasteiger partial charge is 0.119 e. The maximum absolute atomic E-state index is 6.12. The first-order chi connectivity index (χ1) is 9.81. The Hall–Kier alpha value is -0.730. The van der Waals surface area contributed by atoms with E-state index in [0.29, 0.717) is 12.0 Å². The fourth-order valence-corrected chi connectivity index (χ4v) is 3.14. The third kappa shape index (κ3) is 4.99. The summed E-state index contributed by atoms with van der Waals surface area (Å²) in [7, 11) is 1.71. The molecule has 1 saturated heterocycles. The Morgan fingerprint density at radius 2 is 2.35 bits per heavy atom. The van der Waals surface area contributed by atoms with Gasteiger partial charge in [0.1, 0.15) is 5.75 Å². The molecule has 0 aromatic heterocycles. The van der Waals surface area contributed by atoms with Gasteiger partial charge in [-0.25, -0.2) is 0 Å². The van der Waals surface area contributed by atoms with Gasteiger partial charge in [0.25, 0.3) is 0 Å². The molecule has 20 heavy (non-hydrogen) atoms. The molecule has 1 aromatic carbocycles. The quantitative estimate of drug-likeness (QED) is 0.660. The number of benzene rings is 1. The van der Waals surface area contributed by atoms with Crippen molar-refractivity contribution in [2.24, 2.45) is 5.92 Å². The van der Waals surface area contributed by atoms with E-state index in [1.165, 1.54) is 37.7 Å². The van der Waals surface area contributed by atoms with Crippen LogP contribution in [-0.2, 0) is 11.2 Å². The second kappa shape index (κ2) is 8.53. The monoisotopic (exact) mass is 296 g/mol. The van der Waals surface area contributed by atoms with Crippen molar-refractivity contribution in [1.82, 2.24) is 0 Å². The summed E-state index contributed by atoms with van der Waals surface area (Å²) in [6.07, 6.45) is 7.59. The van der Waals surface area contributed by atoms with Crippen molar-refractivity contribution in [3.8, 4) is 5.75 Å². The molecule has 112 valence electrons. The van der Waals surface area contributed by atoms with Crippen molar-refractivity contribution in [1.29, 1.82) is 0 Å². The second-order valence-corrected chi connectivity index (χ2v) is 5.95. The minimum atomic E-state index is 0.503. The van der Waals surface area contributed by atoms with Crippen LogP contribution in [0.4, 0.5) is 0 Å². The van der Waals surface area contributed by atoms with Gasteiger partial charge in [-0.05, 0) is 55.7 Å². The summed E-state index contributed by atoms with van der Waals surface area (Å²) >= 11 is 6.12. The predicted molar refractivity (Wildman–Crippen MR) is 83.7 cm³/mol. The van der Waals surface area contributed by atoms with E-state index in [1.807, 2.05) is 12.1 Å². The minimum Gasteiger partial charge on any atom is -0.497 e. The Morgan fingerprint density at radius 1 is 1.45 bits per heavy atom. The highest BCUT2D eigenvalue weighted by Gasteiger charge is 2.16. The number of rotatable bonds is 8. The van der Waals surface area contributed by atoms with E-state index in [0.717, 1.165) is 24.7 Å². The van der Waals surface area contributed by atoms with E-state index in [-0.39, 0.29) is 0 Å². The lowest BCUT2D eigenvalue weighted by molar-refractivity contribution is 0.101. The molecule has 0 bridgehead atoms. The first kappa shape index (κ1) is 15.7. The van der Waals surface area contributed by atoms with Gasteiger partial charge in [-0.3, -0.25) is 0 Å². The highest BCUT2D eigenvalue weighted by molar-refractivity contribution is 6.18. The van der Waals surface area contributed by atoms with E-state index in [9.17, 15) is 0 Å². The van der Waals surface area contributed by atoms with Gasteiger partial charge >= 0.3 is 0 Å². The SMILES string of the molecule is COc1cccc(CC(CCl)CCCC2CCCO2)c1. The summed E-state index contributed by atoms with van der Waals surface area (Å²) in [5.41, 5.74) is 1.31. The molecule has 1 aliphatic rings. The standard InChI is InChI=1S/C17H25ClO2/c1-19-17-8-2-5-14(12-17)11-15(13-18)6-3-7-16-9-4-10-20-16/h2,5,8,12,15-16H,3-4,6-7,9-11,13H2,1H3. The number of halogens is 1. The van der Waals surface area contributed by atoms with Crippen LogP contribution in [0.3, 0.4) is 0 Å². The largest absolute Gasteiger partial charge is 0.497 e. The van der Waals surface area contributed by atoms with Crippen molar-refractivity contribution in [2.45, 2.75) is 44.6 Å². The number of ether oxygens (including phenoxy) is 2. The van der Waals surface area contributed by atoms with E-state index in [2.05, 4.69) is 12.1 Å². The summed E-state index contributed by atoms with van der Waals surface area (Å²) in [6.45, 7) is 0.952. The van der Waals surface area contributed by atoms with E-state index in [1.54, 1.807) is 7.11 Å². The molecule has 1 fully saturated rings. The molecule has 1 aromatic rings. The lowest BCUT2D eigenvalue weighted by Gasteiger charge is -2.16. The average molecular weight is 297 g/mol. The third-order valence-corrected chi connectivity index (χ3v) is 4.48. The van der Waals surface area contributed by atoms with Gasteiger partial charge in [-0.15, -0.1) is 11.6 Å². The van der Waals surface area contributed by atoms with Gasteiger partial charge in [-0.2, -0.15) is 0 Å². The molecule has 0 saturated carbocycles. The van der Waals surface area contributed by atoms with E-state index in [4.69, 9.17) is 21.1 Å². The second-order valence-electron chi connectivity index (χ2n) is 5.64. The Balaban J connectivity index is 1.75. The lowest BCUT2D eigenvalue weighted by Crippen LogP contribution is -2.10. The number of hydrogen-bond donors (Lipinski definition) is 0. The van der Waals surface area contributed by atoms with Crippen LogP contribution in [0.15, 0.2) is 24.3 Å². The fraction of sp³-hybridized carbons (Fsp3) is 0.647. The molecule has 0 N–H and O–H groups in total. The summed E-state index contributed by atoms with van der Waals surface area (Å²) in [4.78, 5) is 0. The molecule has 2 unspecified atom stereocenters. The molecule has 2 atom stereocenters. The number of hydrogen-bond acceptors (Lipinski definition) is 2. The first-order valence-corrected chi connectivity index (χ1v) is 8.15. The third-order valence-electron chi connectivity index (χ3n) is 4.04. The summed E-state index contributed by atoms with van der Waals surface area (Å²) < 4.78 is 10.9. The summed E-state index contributed by atoms with van der Waals surface area (Å²) in [6, 6.07) is 8.30. The molecule has 1 heterocycles. The van der Waals surface area contributed by atoms with Crippen molar-refractivity contribution >= 4 is 11.6 Å². The summed E-state index contributed by atoms with van der Waals surface area (Å²) in [5, 5.41) is 0. The van der Waals surface area contributed by atoms with Crippen LogP contribution in [-0.4, -0.2) is 25.7 Å². The zero-order chi connectivity index (χ0) is 14.2. The Kier molecular flexibility index (Phi) is 6.68. The molecule has 0 amide bonds. The van der Waals surface area contributed by atoms with E-state index < -0.39 is 0 Å².